The van der Waals surface area contributed by atoms with Gasteiger partial charge in [-0.05, 0) is 51.5 Å². The van der Waals surface area contributed by atoms with Gasteiger partial charge < -0.3 is 0 Å². The number of rotatable bonds is 5. The van der Waals surface area contributed by atoms with Gasteiger partial charge in [-0.2, -0.15) is 9.78 Å². The summed E-state index contributed by atoms with van der Waals surface area (Å²) in [5.74, 6) is 0.685. The molecule has 0 radical (unpaired) electrons. The Morgan fingerprint density at radius 1 is 0.963 bits per heavy atom. The molecule has 134 valence electrons. The minimum absolute atomic E-state index is 0.466. The molecule has 0 amide bonds. The molecule has 0 unspecified atom stereocenters. The lowest BCUT2D eigenvalue weighted by Crippen LogP contribution is -2.04. The van der Waals surface area contributed by atoms with Gasteiger partial charge in [-0.1, -0.05) is 53.5 Å². The summed E-state index contributed by atoms with van der Waals surface area (Å²) in [6.07, 6.45) is 2.17. The van der Waals surface area contributed by atoms with Crippen LogP contribution in [-0.4, -0.2) is 26.4 Å². The molecule has 1 aromatic heterocycles. The van der Waals surface area contributed by atoms with Crippen LogP contribution in [0.25, 0.3) is 16.5 Å². The number of hydrazone groups is 1. The molecule has 0 saturated heterocycles. The van der Waals surface area contributed by atoms with Gasteiger partial charge in [-0.25, -0.2) is 0 Å². The average Bonchev–Trinajstić information content (AvgIpc) is 3.16. The van der Waals surface area contributed by atoms with Crippen molar-refractivity contribution in [1.82, 2.24) is 20.2 Å². The molecule has 0 aliphatic rings. The highest BCUT2D eigenvalue weighted by Gasteiger charge is 2.07. The Bertz CT molecular complexity index is 1120. The number of anilines is 1. The highest BCUT2D eigenvalue weighted by Crippen LogP contribution is 2.25. The maximum absolute atomic E-state index is 5.98. The number of tetrazole rings is 1. The summed E-state index contributed by atoms with van der Waals surface area (Å²) >= 11 is 11.9. The minimum Gasteiger partial charge on any atom is -0.279 e. The third-order valence-corrected chi connectivity index (χ3v) is 4.73. The monoisotopic (exact) mass is 396 g/mol. The van der Waals surface area contributed by atoms with E-state index in [0.29, 0.717) is 22.3 Å². The molecule has 1 N–H and O–H groups in total. The van der Waals surface area contributed by atoms with Crippen LogP contribution in [0.5, 0.6) is 0 Å². The molecule has 0 aliphatic carbocycles. The number of halogens is 2. The molecule has 0 bridgehead atoms. The summed E-state index contributed by atoms with van der Waals surface area (Å²) in [6.45, 7) is 0. The van der Waals surface area contributed by atoms with Crippen LogP contribution in [0.3, 0.4) is 0 Å². The van der Waals surface area contributed by atoms with Crippen LogP contribution in [0.15, 0.2) is 65.8 Å². The summed E-state index contributed by atoms with van der Waals surface area (Å²) in [5.41, 5.74) is 4.55. The molecule has 8 heteroatoms. The normalized spacial score (nSPS) is 11.3. The second-order valence-electron chi connectivity index (χ2n) is 5.79. The number of aromatic nitrogens is 4. The summed E-state index contributed by atoms with van der Waals surface area (Å²) < 4.78 is 1.71. The van der Waals surface area contributed by atoms with Gasteiger partial charge in [-0.3, -0.25) is 5.43 Å². The molecule has 27 heavy (non-hydrogen) atoms. The van der Waals surface area contributed by atoms with Crippen molar-refractivity contribution in [3.8, 4) is 5.69 Å². The number of hydrogen-bond acceptors (Lipinski definition) is 5. The second kappa shape index (κ2) is 7.73. The lowest BCUT2D eigenvalue weighted by molar-refractivity contribution is 0.777. The fraction of sp³-hybridized carbons (Fsp3) is 0.0526. The van der Waals surface area contributed by atoms with E-state index < -0.39 is 0 Å². The second-order valence-corrected chi connectivity index (χ2v) is 6.61. The molecule has 6 nitrogen and oxygen atoms in total. The van der Waals surface area contributed by atoms with Gasteiger partial charge in [0.25, 0.3) is 0 Å². The molecular weight excluding hydrogens is 383 g/mol. The van der Waals surface area contributed by atoms with Crippen molar-refractivity contribution in [2.75, 3.05) is 5.43 Å². The van der Waals surface area contributed by atoms with Crippen LogP contribution < -0.4 is 5.43 Å². The van der Waals surface area contributed by atoms with E-state index in [4.69, 9.17) is 23.2 Å². The van der Waals surface area contributed by atoms with Gasteiger partial charge in [0, 0.05) is 12.6 Å². The molecule has 4 aromatic rings. The summed E-state index contributed by atoms with van der Waals surface area (Å²) in [4.78, 5) is 0. The Morgan fingerprint density at radius 3 is 2.67 bits per heavy atom. The highest BCUT2D eigenvalue weighted by atomic mass is 35.5. The third-order valence-electron chi connectivity index (χ3n) is 3.99. The van der Waals surface area contributed by atoms with Crippen molar-refractivity contribution in [1.29, 1.82) is 0 Å². The summed E-state index contributed by atoms with van der Waals surface area (Å²) in [6, 6.07) is 19.5. The molecule has 0 fully saturated rings. The van der Waals surface area contributed by atoms with Crippen molar-refractivity contribution >= 4 is 45.9 Å². The van der Waals surface area contributed by atoms with Gasteiger partial charge in [0.15, 0.2) is 5.82 Å². The van der Waals surface area contributed by atoms with Crippen molar-refractivity contribution < 1.29 is 0 Å². The molecular formula is C19H14Cl2N6. The topological polar surface area (TPSA) is 68.0 Å². The lowest BCUT2D eigenvalue weighted by atomic mass is 10.1. The van der Waals surface area contributed by atoms with Crippen molar-refractivity contribution in [3.05, 3.63) is 76.5 Å². The van der Waals surface area contributed by atoms with Gasteiger partial charge >= 0.3 is 0 Å². The SMILES string of the molecule is Clc1ccc(NN=CCc2nnnn2-c2ccc3ccccc3c2)cc1Cl. The van der Waals surface area contributed by atoms with Crippen molar-refractivity contribution in [3.63, 3.8) is 0 Å². The molecule has 4 rings (SSSR count). The molecule has 0 saturated carbocycles. The van der Waals surface area contributed by atoms with Crippen LogP contribution in [0.1, 0.15) is 5.82 Å². The van der Waals surface area contributed by atoms with Crippen molar-refractivity contribution in [2.45, 2.75) is 6.42 Å². The van der Waals surface area contributed by atoms with E-state index in [0.717, 1.165) is 16.8 Å². The molecule has 0 atom stereocenters. The summed E-state index contributed by atoms with van der Waals surface area (Å²) in [5, 5.41) is 19.4. The number of nitrogens with zero attached hydrogens (tertiary/aromatic N) is 5. The van der Waals surface area contributed by atoms with E-state index in [1.54, 1.807) is 29.1 Å². The van der Waals surface area contributed by atoms with Gasteiger partial charge in [0.1, 0.15) is 0 Å². The maximum atomic E-state index is 5.98. The van der Waals surface area contributed by atoms with Gasteiger partial charge in [-0.15, -0.1) is 5.10 Å². The molecule has 0 aliphatic heterocycles. The number of nitrogens with one attached hydrogen (secondary N) is 1. The minimum atomic E-state index is 0.466. The zero-order valence-corrected chi connectivity index (χ0v) is 15.6. The van der Waals surface area contributed by atoms with E-state index in [-0.39, 0.29) is 0 Å². The first-order valence-corrected chi connectivity index (χ1v) is 8.95. The molecule has 1 heterocycles. The number of hydrogen-bond donors (Lipinski definition) is 1. The van der Waals surface area contributed by atoms with Crippen LogP contribution in [0, 0.1) is 0 Å². The van der Waals surface area contributed by atoms with E-state index >= 15 is 0 Å². The van der Waals surface area contributed by atoms with Crippen molar-refractivity contribution in [2.24, 2.45) is 5.10 Å². The van der Waals surface area contributed by atoms with E-state index in [2.05, 4.69) is 50.3 Å². The van der Waals surface area contributed by atoms with Gasteiger partial charge in [0.2, 0.25) is 0 Å². The smallest absolute Gasteiger partial charge is 0.162 e. The Balaban J connectivity index is 1.49. The van der Waals surface area contributed by atoms with Crippen LogP contribution in [-0.2, 0) is 6.42 Å². The molecule has 3 aromatic carbocycles. The average molecular weight is 397 g/mol. The predicted molar refractivity (Wildman–Crippen MR) is 109 cm³/mol. The number of benzene rings is 3. The Kier molecular flexibility index (Phi) is 5.00. The number of fused-ring (bicyclic) bond motifs is 1. The van der Waals surface area contributed by atoms with Crippen LogP contribution in [0.2, 0.25) is 10.0 Å². The Morgan fingerprint density at radius 2 is 1.81 bits per heavy atom. The largest absolute Gasteiger partial charge is 0.279 e. The summed E-state index contributed by atoms with van der Waals surface area (Å²) in [7, 11) is 0. The lowest BCUT2D eigenvalue weighted by Gasteiger charge is -2.05. The molecule has 0 spiro atoms. The zero-order chi connectivity index (χ0) is 18.6. The Labute approximate surface area is 165 Å². The first kappa shape index (κ1) is 17.5. The zero-order valence-electron chi connectivity index (χ0n) is 14.0. The highest BCUT2D eigenvalue weighted by molar-refractivity contribution is 6.42. The van der Waals surface area contributed by atoms with E-state index in [1.807, 2.05) is 18.2 Å². The fourth-order valence-corrected chi connectivity index (χ4v) is 2.95. The quantitative estimate of drug-likeness (QED) is 0.389. The third kappa shape index (κ3) is 3.92. The van der Waals surface area contributed by atoms with E-state index in [1.165, 1.54) is 5.39 Å². The van der Waals surface area contributed by atoms with Crippen LogP contribution >= 0.6 is 23.2 Å². The standard InChI is InChI=1S/C19H14Cl2N6/c20-17-8-6-15(12-18(17)21)23-22-10-9-19-24-25-26-27(19)16-7-5-13-3-1-2-4-14(13)11-16/h1-8,10-12,23H,9H2. The Hall–Kier alpha value is -2.96. The predicted octanol–water partition coefficient (Wildman–Crippen LogP) is 4.76. The first-order chi connectivity index (χ1) is 13.2. The van der Waals surface area contributed by atoms with E-state index in [9.17, 15) is 0 Å². The van der Waals surface area contributed by atoms with Crippen LogP contribution in [0.4, 0.5) is 5.69 Å². The van der Waals surface area contributed by atoms with Gasteiger partial charge in [0.05, 0.1) is 21.4 Å². The maximum Gasteiger partial charge on any atom is 0.162 e. The fourth-order valence-electron chi connectivity index (χ4n) is 2.66. The first-order valence-electron chi connectivity index (χ1n) is 8.20.